The number of carbonyl (C=O) groups excluding carboxylic acids is 1. The van der Waals surface area contributed by atoms with E-state index in [1.807, 2.05) is 48.9 Å². The highest BCUT2D eigenvalue weighted by atomic mass is 32.1. The van der Waals surface area contributed by atoms with E-state index in [-0.39, 0.29) is 5.78 Å². The predicted molar refractivity (Wildman–Crippen MR) is 93.0 cm³/mol. The van der Waals surface area contributed by atoms with Gasteiger partial charge in [0, 0.05) is 40.9 Å². The maximum Gasteiger partial charge on any atom is 0.229 e. The van der Waals surface area contributed by atoms with Crippen molar-refractivity contribution in [1.82, 2.24) is 4.57 Å². The molecule has 3 rings (SSSR count). The first-order valence-corrected chi connectivity index (χ1v) is 8.61. The highest BCUT2D eigenvalue weighted by Crippen LogP contribution is 2.19. The van der Waals surface area contributed by atoms with Crippen molar-refractivity contribution in [3.63, 3.8) is 0 Å². The Balaban J connectivity index is 1.86. The molecule has 0 aliphatic rings. The fourth-order valence-electron chi connectivity index (χ4n) is 2.86. The van der Waals surface area contributed by atoms with Crippen LogP contribution in [0.2, 0.25) is 0 Å². The summed E-state index contributed by atoms with van der Waals surface area (Å²) in [5.41, 5.74) is 4.10. The van der Waals surface area contributed by atoms with Crippen LogP contribution in [-0.4, -0.2) is 10.4 Å². The molecule has 0 saturated carbocycles. The van der Waals surface area contributed by atoms with Gasteiger partial charge in [0.2, 0.25) is 12.3 Å². The van der Waals surface area contributed by atoms with E-state index in [2.05, 4.69) is 29.0 Å². The van der Waals surface area contributed by atoms with Crippen molar-refractivity contribution >= 4 is 17.1 Å². The van der Waals surface area contributed by atoms with Gasteiger partial charge in [-0.05, 0) is 31.4 Å². The summed E-state index contributed by atoms with van der Waals surface area (Å²) in [4.78, 5) is 14.0. The smallest absolute Gasteiger partial charge is 0.229 e. The van der Waals surface area contributed by atoms with Crippen LogP contribution in [0.25, 0.3) is 0 Å². The number of aromatic nitrogens is 2. The molecule has 3 nitrogen and oxygen atoms in total. The van der Waals surface area contributed by atoms with Crippen molar-refractivity contribution < 1.29 is 9.36 Å². The number of thiophene rings is 1. The van der Waals surface area contributed by atoms with Gasteiger partial charge in [-0.2, -0.15) is 4.57 Å². The Labute approximate surface area is 140 Å². The molecule has 23 heavy (non-hydrogen) atoms. The molecule has 4 heteroatoms. The molecule has 0 bridgehead atoms. The lowest BCUT2D eigenvalue weighted by Crippen LogP contribution is -2.40. The van der Waals surface area contributed by atoms with Crippen LogP contribution in [0, 0.1) is 20.8 Å². The minimum atomic E-state index is 0.162. The van der Waals surface area contributed by atoms with Crippen molar-refractivity contribution in [2.45, 2.75) is 33.9 Å². The first-order valence-electron chi connectivity index (χ1n) is 7.73. The molecule has 0 N–H and O–H groups in total. The highest BCUT2D eigenvalue weighted by Gasteiger charge is 2.20. The normalized spacial score (nSPS) is 10.9. The summed E-state index contributed by atoms with van der Waals surface area (Å²) >= 11 is 1.75. The fraction of sp³-hybridized carbons (Fsp3) is 0.263. The zero-order chi connectivity index (χ0) is 16.4. The molecule has 0 aliphatic carbocycles. The molecule has 0 saturated heterocycles. The second-order valence-electron chi connectivity index (χ2n) is 5.84. The minimum Gasteiger partial charge on any atom is -0.343 e. The largest absolute Gasteiger partial charge is 0.343 e. The zero-order valence-electron chi connectivity index (χ0n) is 13.7. The molecule has 0 radical (unpaired) electrons. The number of pyridine rings is 1. The molecular weight excluding hydrogens is 304 g/mol. The lowest BCUT2D eigenvalue weighted by Gasteiger charge is -2.08. The standard InChI is InChI=1S/C19H21N2OS/c1-14-7-4-5-9-20(14)13-19(22)18-11-15(2)21(16(18)3)12-17-8-6-10-23-17/h4-11H,12-13H2,1-3H3/q+1. The van der Waals surface area contributed by atoms with E-state index in [4.69, 9.17) is 0 Å². The average Bonchev–Trinajstić information content (AvgIpc) is 3.13. The number of ketones is 1. The number of rotatable bonds is 5. The number of aryl methyl sites for hydroxylation is 2. The van der Waals surface area contributed by atoms with Crippen molar-refractivity contribution in [3.8, 4) is 0 Å². The summed E-state index contributed by atoms with van der Waals surface area (Å²) in [6.07, 6.45) is 1.96. The Morgan fingerprint density at radius 1 is 1.17 bits per heavy atom. The van der Waals surface area contributed by atoms with E-state index >= 15 is 0 Å². The minimum absolute atomic E-state index is 0.162. The van der Waals surface area contributed by atoms with Crippen LogP contribution in [0.1, 0.15) is 32.3 Å². The zero-order valence-corrected chi connectivity index (χ0v) is 14.6. The van der Waals surface area contributed by atoms with E-state index in [1.165, 1.54) is 4.88 Å². The van der Waals surface area contributed by atoms with Gasteiger partial charge in [0.05, 0.1) is 6.54 Å². The Morgan fingerprint density at radius 2 is 2.00 bits per heavy atom. The predicted octanol–water partition coefficient (Wildman–Crippen LogP) is 3.69. The third-order valence-electron chi connectivity index (χ3n) is 4.25. The maximum atomic E-state index is 12.7. The quantitative estimate of drug-likeness (QED) is 0.519. The average molecular weight is 325 g/mol. The van der Waals surface area contributed by atoms with Crippen molar-refractivity contribution in [3.05, 3.63) is 75.5 Å². The Kier molecular flexibility index (Phi) is 4.44. The SMILES string of the molecule is Cc1cc(C(=O)C[n+]2ccccc2C)c(C)n1Cc1cccs1. The van der Waals surface area contributed by atoms with Crippen molar-refractivity contribution in [2.24, 2.45) is 0 Å². The summed E-state index contributed by atoms with van der Waals surface area (Å²) in [5, 5.41) is 2.09. The van der Waals surface area contributed by atoms with Gasteiger partial charge in [-0.15, -0.1) is 11.3 Å². The van der Waals surface area contributed by atoms with Gasteiger partial charge in [-0.3, -0.25) is 4.79 Å². The van der Waals surface area contributed by atoms with Gasteiger partial charge < -0.3 is 4.57 Å². The van der Waals surface area contributed by atoms with E-state index < -0.39 is 0 Å². The maximum absolute atomic E-state index is 12.7. The summed E-state index contributed by atoms with van der Waals surface area (Å²) in [7, 11) is 0. The second-order valence-corrected chi connectivity index (χ2v) is 6.88. The number of hydrogen-bond donors (Lipinski definition) is 0. The Morgan fingerprint density at radius 3 is 2.70 bits per heavy atom. The van der Waals surface area contributed by atoms with Crippen molar-refractivity contribution in [1.29, 1.82) is 0 Å². The first-order chi connectivity index (χ1) is 11.1. The molecule has 0 amide bonds. The molecule has 0 unspecified atom stereocenters. The summed E-state index contributed by atoms with van der Waals surface area (Å²) in [6.45, 7) is 7.35. The first kappa shape index (κ1) is 15.7. The van der Waals surface area contributed by atoms with Crippen LogP contribution in [0.3, 0.4) is 0 Å². The number of hydrogen-bond acceptors (Lipinski definition) is 2. The van der Waals surface area contributed by atoms with Crippen LogP contribution in [0.4, 0.5) is 0 Å². The molecule has 0 fully saturated rings. The van der Waals surface area contributed by atoms with Crippen LogP contribution in [0.5, 0.6) is 0 Å². The number of carbonyl (C=O) groups is 1. The third kappa shape index (κ3) is 3.27. The van der Waals surface area contributed by atoms with Crippen LogP contribution in [0.15, 0.2) is 48.0 Å². The third-order valence-corrected chi connectivity index (χ3v) is 5.11. The van der Waals surface area contributed by atoms with Gasteiger partial charge in [-0.1, -0.05) is 12.1 Å². The molecule has 3 heterocycles. The molecule has 0 aromatic carbocycles. The number of Topliss-reactive ketones (excluding diaryl/α,β-unsaturated/α-hetero) is 1. The lowest BCUT2D eigenvalue weighted by atomic mass is 10.1. The van der Waals surface area contributed by atoms with Gasteiger partial charge in [0.1, 0.15) is 0 Å². The van der Waals surface area contributed by atoms with Crippen LogP contribution >= 0.6 is 11.3 Å². The summed E-state index contributed by atoms with van der Waals surface area (Å²) in [6, 6.07) is 12.2. The van der Waals surface area contributed by atoms with E-state index in [9.17, 15) is 4.79 Å². The molecule has 3 aromatic heterocycles. The van der Waals surface area contributed by atoms with Crippen molar-refractivity contribution in [2.75, 3.05) is 0 Å². The molecular formula is C19H21N2OS+. The molecule has 118 valence electrons. The van der Waals surface area contributed by atoms with Gasteiger partial charge in [0.15, 0.2) is 11.9 Å². The molecule has 0 aliphatic heterocycles. The Bertz CT molecular complexity index is 831. The topological polar surface area (TPSA) is 25.9 Å². The Hall–Kier alpha value is -2.20. The van der Waals surface area contributed by atoms with E-state index in [1.54, 1.807) is 11.3 Å². The van der Waals surface area contributed by atoms with Crippen LogP contribution < -0.4 is 4.57 Å². The molecule has 0 spiro atoms. The highest BCUT2D eigenvalue weighted by molar-refractivity contribution is 7.09. The number of nitrogens with zero attached hydrogens (tertiary/aromatic N) is 2. The summed E-state index contributed by atoms with van der Waals surface area (Å²) in [5.74, 6) is 0.162. The molecule has 0 atom stereocenters. The van der Waals surface area contributed by atoms with Gasteiger partial charge in [-0.25, -0.2) is 0 Å². The monoisotopic (exact) mass is 325 g/mol. The summed E-state index contributed by atoms with van der Waals surface area (Å²) < 4.78 is 4.22. The second kappa shape index (κ2) is 6.50. The lowest BCUT2D eigenvalue weighted by molar-refractivity contribution is -0.689. The van der Waals surface area contributed by atoms with Crippen LogP contribution in [-0.2, 0) is 13.1 Å². The van der Waals surface area contributed by atoms with Gasteiger partial charge in [0.25, 0.3) is 0 Å². The fourth-order valence-corrected chi connectivity index (χ4v) is 3.56. The van der Waals surface area contributed by atoms with E-state index in [0.717, 1.165) is 29.2 Å². The van der Waals surface area contributed by atoms with E-state index in [0.29, 0.717) is 6.54 Å². The van der Waals surface area contributed by atoms with Gasteiger partial charge >= 0.3 is 0 Å². The molecule has 3 aromatic rings.